The number of hydrogen-bond acceptors (Lipinski definition) is 6. The van der Waals surface area contributed by atoms with Gasteiger partial charge < -0.3 is 19.6 Å². The minimum atomic E-state index is -5.08. The number of carbonyl (C=O) groups excluding carboxylic acids is 1. The minimum absolute atomic E-state index is 0.0556. The Balaban J connectivity index is 0.000000360. The molecule has 1 amide bonds. The summed E-state index contributed by atoms with van der Waals surface area (Å²) in [6, 6.07) is 9.64. The lowest BCUT2D eigenvalue weighted by Gasteiger charge is -2.39. The van der Waals surface area contributed by atoms with Gasteiger partial charge in [0.25, 0.3) is 0 Å². The Hall–Kier alpha value is -2.92. The highest BCUT2D eigenvalue weighted by Crippen LogP contribution is 2.34. The van der Waals surface area contributed by atoms with Crippen LogP contribution in [0.1, 0.15) is 17.9 Å². The van der Waals surface area contributed by atoms with Crippen molar-refractivity contribution in [2.75, 3.05) is 19.7 Å². The van der Waals surface area contributed by atoms with Gasteiger partial charge in [-0.3, -0.25) is 14.7 Å². The van der Waals surface area contributed by atoms with E-state index in [0.29, 0.717) is 12.5 Å². The van der Waals surface area contributed by atoms with E-state index in [4.69, 9.17) is 19.1 Å². The molecule has 2 aliphatic rings. The molecule has 2 fully saturated rings. The van der Waals surface area contributed by atoms with Gasteiger partial charge in [-0.1, -0.05) is 6.07 Å². The predicted molar refractivity (Wildman–Crippen MR) is 105 cm³/mol. The number of nitrogens with zero attached hydrogens (tertiary/aromatic N) is 2. The molecule has 4 heterocycles. The van der Waals surface area contributed by atoms with E-state index in [0.717, 1.165) is 44.1 Å². The highest BCUT2D eigenvalue weighted by atomic mass is 19.4. The van der Waals surface area contributed by atoms with Crippen molar-refractivity contribution in [1.29, 1.82) is 0 Å². The first kappa shape index (κ1) is 23.7. The van der Waals surface area contributed by atoms with Gasteiger partial charge in [0.15, 0.2) is 0 Å². The Kier molecular flexibility index (Phi) is 7.86. The van der Waals surface area contributed by atoms with Crippen LogP contribution in [0.15, 0.2) is 47.2 Å². The average molecular weight is 455 g/mol. The number of ether oxygens (including phenoxy) is 1. The van der Waals surface area contributed by atoms with E-state index in [1.807, 2.05) is 36.5 Å². The van der Waals surface area contributed by atoms with Crippen LogP contribution in [0.2, 0.25) is 0 Å². The first-order valence-corrected chi connectivity index (χ1v) is 10.1. The summed E-state index contributed by atoms with van der Waals surface area (Å²) in [4.78, 5) is 28.4. The summed E-state index contributed by atoms with van der Waals surface area (Å²) in [5, 5.41) is 10.1. The SMILES string of the molecule is O=C(NCc1ccco1)[C@@H]1CN(Cc2ccccn2)C[C@H]2OCC[C@H]21.O=C(O)C(F)(F)F. The zero-order valence-corrected chi connectivity index (χ0v) is 17.1. The molecular formula is C21H24F3N3O5. The molecule has 2 N–H and O–H groups in total. The molecule has 32 heavy (non-hydrogen) atoms. The summed E-state index contributed by atoms with van der Waals surface area (Å²) in [6.45, 7) is 3.53. The first-order valence-electron chi connectivity index (χ1n) is 10.1. The van der Waals surface area contributed by atoms with E-state index >= 15 is 0 Å². The minimum Gasteiger partial charge on any atom is -0.475 e. The van der Waals surface area contributed by atoms with Gasteiger partial charge in [0.2, 0.25) is 5.91 Å². The molecule has 11 heteroatoms. The Bertz CT molecular complexity index is 877. The molecule has 0 saturated carbocycles. The number of nitrogens with one attached hydrogen (secondary N) is 1. The molecule has 0 spiro atoms. The third kappa shape index (κ3) is 6.54. The molecule has 2 aliphatic heterocycles. The third-order valence-electron chi connectivity index (χ3n) is 5.38. The van der Waals surface area contributed by atoms with Crippen LogP contribution in [0.5, 0.6) is 0 Å². The van der Waals surface area contributed by atoms with E-state index in [9.17, 15) is 18.0 Å². The van der Waals surface area contributed by atoms with Crippen molar-refractivity contribution < 1.29 is 37.0 Å². The number of amides is 1. The van der Waals surface area contributed by atoms with Gasteiger partial charge in [-0.15, -0.1) is 0 Å². The standard InChI is InChI=1S/C19H23N3O3.C2HF3O2/c23-19(21-10-15-5-3-8-24-15)17-12-22(11-14-4-1-2-7-20-14)13-18-16(17)6-9-25-18;3-2(4,5)1(6)7/h1-5,7-8,16-18H,6,9-13H2,(H,21,23);(H,6,7)/t16-,17+,18+;/m0./s1. The number of aromatic nitrogens is 1. The number of alkyl halides is 3. The number of halogens is 3. The van der Waals surface area contributed by atoms with Crippen LogP contribution in [-0.2, 0) is 27.4 Å². The smallest absolute Gasteiger partial charge is 0.475 e. The molecule has 3 atom stereocenters. The molecule has 4 rings (SSSR count). The monoisotopic (exact) mass is 455 g/mol. The molecule has 2 saturated heterocycles. The second-order valence-corrected chi connectivity index (χ2v) is 7.58. The number of piperidine rings is 1. The Morgan fingerprint density at radius 2 is 2.00 bits per heavy atom. The van der Waals surface area contributed by atoms with Crippen LogP contribution in [0.25, 0.3) is 0 Å². The van der Waals surface area contributed by atoms with Crippen molar-refractivity contribution in [1.82, 2.24) is 15.2 Å². The first-order chi connectivity index (χ1) is 15.2. The maximum absolute atomic E-state index is 12.8. The average Bonchev–Trinajstić information content (AvgIpc) is 3.44. The van der Waals surface area contributed by atoms with Crippen LogP contribution in [-0.4, -0.2) is 58.8 Å². The van der Waals surface area contributed by atoms with Crippen molar-refractivity contribution in [2.45, 2.75) is 31.8 Å². The quantitative estimate of drug-likeness (QED) is 0.714. The summed E-state index contributed by atoms with van der Waals surface area (Å²) < 4.78 is 42.9. The fraction of sp³-hybridized carbons (Fsp3) is 0.476. The maximum atomic E-state index is 12.8. The van der Waals surface area contributed by atoms with Crippen LogP contribution < -0.4 is 5.32 Å². The van der Waals surface area contributed by atoms with Gasteiger partial charge in [0.05, 0.1) is 30.5 Å². The molecule has 2 aromatic heterocycles. The summed E-state index contributed by atoms with van der Waals surface area (Å²) >= 11 is 0. The zero-order chi connectivity index (χ0) is 23.1. The number of hydrogen-bond donors (Lipinski definition) is 2. The van der Waals surface area contributed by atoms with Crippen molar-refractivity contribution in [3.05, 3.63) is 54.2 Å². The number of carbonyl (C=O) groups is 2. The lowest BCUT2D eigenvalue weighted by Crippen LogP contribution is -2.52. The highest BCUT2D eigenvalue weighted by Gasteiger charge is 2.43. The van der Waals surface area contributed by atoms with Crippen molar-refractivity contribution in [3.8, 4) is 0 Å². The van der Waals surface area contributed by atoms with Crippen LogP contribution >= 0.6 is 0 Å². The zero-order valence-electron chi connectivity index (χ0n) is 17.1. The van der Waals surface area contributed by atoms with Gasteiger partial charge in [0.1, 0.15) is 5.76 Å². The highest BCUT2D eigenvalue weighted by molar-refractivity contribution is 5.79. The van der Waals surface area contributed by atoms with Gasteiger partial charge in [-0.05, 0) is 30.7 Å². The third-order valence-corrected chi connectivity index (χ3v) is 5.38. The van der Waals surface area contributed by atoms with Crippen molar-refractivity contribution in [3.63, 3.8) is 0 Å². The topological polar surface area (TPSA) is 105 Å². The lowest BCUT2D eigenvalue weighted by atomic mass is 9.82. The molecule has 0 unspecified atom stereocenters. The van der Waals surface area contributed by atoms with E-state index in [2.05, 4.69) is 15.2 Å². The second kappa shape index (κ2) is 10.6. The number of rotatable bonds is 5. The molecule has 2 aromatic rings. The van der Waals surface area contributed by atoms with E-state index in [1.165, 1.54) is 0 Å². The number of fused-ring (bicyclic) bond motifs is 1. The second-order valence-electron chi connectivity index (χ2n) is 7.58. The molecule has 0 bridgehead atoms. The van der Waals surface area contributed by atoms with Crippen LogP contribution in [0, 0.1) is 11.8 Å². The summed E-state index contributed by atoms with van der Waals surface area (Å²) in [5.74, 6) is -1.65. The lowest BCUT2D eigenvalue weighted by molar-refractivity contribution is -0.192. The number of carboxylic acid groups (broad SMARTS) is 1. The van der Waals surface area contributed by atoms with Crippen LogP contribution in [0.3, 0.4) is 0 Å². The fourth-order valence-corrected chi connectivity index (χ4v) is 3.90. The molecular weight excluding hydrogens is 431 g/mol. The molecule has 0 aliphatic carbocycles. The Morgan fingerprint density at radius 1 is 1.22 bits per heavy atom. The molecule has 0 radical (unpaired) electrons. The van der Waals surface area contributed by atoms with Gasteiger partial charge in [0, 0.05) is 38.4 Å². The van der Waals surface area contributed by atoms with E-state index in [1.54, 1.807) is 6.26 Å². The molecule has 174 valence electrons. The summed E-state index contributed by atoms with van der Waals surface area (Å²) in [5.41, 5.74) is 1.02. The molecule has 8 nitrogen and oxygen atoms in total. The number of furan rings is 1. The molecule has 0 aromatic carbocycles. The number of pyridine rings is 1. The summed E-state index contributed by atoms with van der Waals surface area (Å²) in [7, 11) is 0. The number of aliphatic carboxylic acids is 1. The Morgan fingerprint density at radius 3 is 2.62 bits per heavy atom. The van der Waals surface area contributed by atoms with Gasteiger partial charge >= 0.3 is 12.1 Å². The van der Waals surface area contributed by atoms with Crippen molar-refractivity contribution in [2.24, 2.45) is 11.8 Å². The van der Waals surface area contributed by atoms with Crippen molar-refractivity contribution >= 4 is 11.9 Å². The van der Waals surface area contributed by atoms with E-state index < -0.39 is 12.1 Å². The largest absolute Gasteiger partial charge is 0.490 e. The number of likely N-dealkylation sites (tertiary alicyclic amines) is 1. The maximum Gasteiger partial charge on any atom is 0.490 e. The van der Waals surface area contributed by atoms with Crippen LogP contribution in [0.4, 0.5) is 13.2 Å². The summed E-state index contributed by atoms with van der Waals surface area (Å²) in [6.07, 6.45) is -0.558. The van der Waals surface area contributed by atoms with E-state index in [-0.39, 0.29) is 17.9 Å². The van der Waals surface area contributed by atoms with Gasteiger partial charge in [-0.25, -0.2) is 4.79 Å². The fourth-order valence-electron chi connectivity index (χ4n) is 3.90. The van der Waals surface area contributed by atoms with Gasteiger partial charge in [-0.2, -0.15) is 13.2 Å². The number of carboxylic acids is 1. The Labute approximate surface area is 182 Å². The normalized spacial score (nSPS) is 23.0. The predicted octanol–water partition coefficient (Wildman–Crippen LogP) is 2.46.